The van der Waals surface area contributed by atoms with Crippen LogP contribution in [0.3, 0.4) is 0 Å². The lowest BCUT2D eigenvalue weighted by molar-refractivity contribution is 0.613. The van der Waals surface area contributed by atoms with Crippen molar-refractivity contribution in [3.63, 3.8) is 0 Å². The number of aromatic nitrogens is 2. The third-order valence-corrected chi connectivity index (χ3v) is 2.49. The molecule has 0 radical (unpaired) electrons. The number of hydrogen-bond donors (Lipinski definition) is 2. The van der Waals surface area contributed by atoms with Gasteiger partial charge in [-0.15, -0.1) is 0 Å². The van der Waals surface area contributed by atoms with Crippen molar-refractivity contribution >= 4 is 11.6 Å². The van der Waals surface area contributed by atoms with Gasteiger partial charge in [-0.05, 0) is 20.3 Å². The van der Waals surface area contributed by atoms with Crippen LogP contribution in [0.25, 0.3) is 0 Å². The van der Waals surface area contributed by atoms with Gasteiger partial charge in [-0.3, -0.25) is 0 Å². The second kappa shape index (κ2) is 6.30. The van der Waals surface area contributed by atoms with Gasteiger partial charge in [-0.25, -0.2) is 9.97 Å². The van der Waals surface area contributed by atoms with Crippen molar-refractivity contribution in [1.82, 2.24) is 9.97 Å². The standard InChI is InChI=1S/C12H22N4/c1-4-5-6-7-9(2)14-12-8-11(13)15-10(3)16-12/h8-9H,4-7H2,1-3H3,(H3,13,14,15,16). The monoisotopic (exact) mass is 222 g/mol. The highest BCUT2D eigenvalue weighted by Gasteiger charge is 2.04. The molecule has 0 aliphatic heterocycles. The van der Waals surface area contributed by atoms with Crippen LogP contribution < -0.4 is 11.1 Å². The van der Waals surface area contributed by atoms with E-state index in [1.54, 1.807) is 6.07 Å². The van der Waals surface area contributed by atoms with Crippen molar-refractivity contribution < 1.29 is 0 Å². The molecule has 1 aromatic heterocycles. The Balaban J connectivity index is 2.45. The van der Waals surface area contributed by atoms with E-state index in [9.17, 15) is 0 Å². The van der Waals surface area contributed by atoms with Gasteiger partial charge in [0, 0.05) is 12.1 Å². The van der Waals surface area contributed by atoms with Gasteiger partial charge < -0.3 is 11.1 Å². The van der Waals surface area contributed by atoms with Gasteiger partial charge in [0.15, 0.2) is 0 Å². The predicted molar refractivity (Wildman–Crippen MR) is 68.4 cm³/mol. The van der Waals surface area contributed by atoms with E-state index in [1.165, 1.54) is 19.3 Å². The van der Waals surface area contributed by atoms with Gasteiger partial charge in [0.05, 0.1) is 0 Å². The highest BCUT2D eigenvalue weighted by atomic mass is 15.1. The number of hydrogen-bond acceptors (Lipinski definition) is 4. The van der Waals surface area contributed by atoms with Crippen molar-refractivity contribution in [1.29, 1.82) is 0 Å². The molecule has 16 heavy (non-hydrogen) atoms. The van der Waals surface area contributed by atoms with E-state index in [0.717, 1.165) is 12.2 Å². The molecule has 0 aliphatic rings. The lowest BCUT2D eigenvalue weighted by Gasteiger charge is -2.14. The molecule has 0 amide bonds. The number of nitrogen functional groups attached to an aromatic ring is 1. The van der Waals surface area contributed by atoms with Crippen LogP contribution in [-0.2, 0) is 0 Å². The van der Waals surface area contributed by atoms with Crippen LogP contribution in [0.2, 0.25) is 0 Å². The summed E-state index contributed by atoms with van der Waals surface area (Å²) in [5.74, 6) is 2.06. The maximum atomic E-state index is 5.67. The Morgan fingerprint density at radius 3 is 2.75 bits per heavy atom. The summed E-state index contributed by atoms with van der Waals surface area (Å²) in [5, 5.41) is 3.35. The minimum Gasteiger partial charge on any atom is -0.384 e. The summed E-state index contributed by atoms with van der Waals surface area (Å²) >= 11 is 0. The van der Waals surface area contributed by atoms with E-state index in [1.807, 2.05) is 6.92 Å². The Morgan fingerprint density at radius 1 is 1.38 bits per heavy atom. The highest BCUT2D eigenvalue weighted by Crippen LogP contribution is 2.12. The van der Waals surface area contributed by atoms with Gasteiger partial charge in [0.1, 0.15) is 17.5 Å². The number of rotatable bonds is 6. The van der Waals surface area contributed by atoms with E-state index in [2.05, 4.69) is 29.1 Å². The molecule has 0 bridgehead atoms. The molecule has 4 nitrogen and oxygen atoms in total. The molecule has 1 atom stereocenters. The molecule has 1 aromatic rings. The second-order valence-corrected chi connectivity index (χ2v) is 4.27. The predicted octanol–water partition coefficient (Wildman–Crippen LogP) is 2.75. The zero-order valence-corrected chi connectivity index (χ0v) is 10.5. The van der Waals surface area contributed by atoms with Crippen molar-refractivity contribution in [2.45, 2.75) is 52.5 Å². The van der Waals surface area contributed by atoms with Gasteiger partial charge in [-0.2, -0.15) is 0 Å². The minimum absolute atomic E-state index is 0.431. The molecule has 0 aliphatic carbocycles. The summed E-state index contributed by atoms with van der Waals surface area (Å²) in [6, 6.07) is 2.21. The SMILES string of the molecule is CCCCCC(C)Nc1cc(N)nc(C)n1. The zero-order chi connectivity index (χ0) is 12.0. The Bertz CT molecular complexity index is 305. The van der Waals surface area contributed by atoms with E-state index < -0.39 is 0 Å². The molecule has 90 valence electrons. The summed E-state index contributed by atoms with van der Waals surface area (Å²) in [4.78, 5) is 8.34. The first kappa shape index (κ1) is 12.7. The maximum Gasteiger partial charge on any atom is 0.131 e. The van der Waals surface area contributed by atoms with E-state index in [-0.39, 0.29) is 0 Å². The van der Waals surface area contributed by atoms with Crippen LogP contribution in [-0.4, -0.2) is 16.0 Å². The molecule has 0 aromatic carbocycles. The van der Waals surface area contributed by atoms with E-state index in [4.69, 9.17) is 5.73 Å². The number of aryl methyl sites for hydroxylation is 1. The average molecular weight is 222 g/mol. The quantitative estimate of drug-likeness (QED) is 0.726. The molecular formula is C12H22N4. The van der Waals surface area contributed by atoms with Crippen molar-refractivity contribution in [3.05, 3.63) is 11.9 Å². The van der Waals surface area contributed by atoms with Crippen LogP contribution in [0.4, 0.5) is 11.6 Å². The maximum absolute atomic E-state index is 5.67. The Hall–Kier alpha value is -1.32. The van der Waals surface area contributed by atoms with Crippen molar-refractivity contribution in [3.8, 4) is 0 Å². The molecule has 0 spiro atoms. The smallest absolute Gasteiger partial charge is 0.131 e. The molecule has 1 rings (SSSR count). The molecule has 3 N–H and O–H groups in total. The third-order valence-electron chi connectivity index (χ3n) is 2.49. The second-order valence-electron chi connectivity index (χ2n) is 4.27. The normalized spacial score (nSPS) is 12.4. The largest absolute Gasteiger partial charge is 0.384 e. The highest BCUT2D eigenvalue weighted by molar-refractivity contribution is 5.44. The van der Waals surface area contributed by atoms with Crippen molar-refractivity contribution in [2.24, 2.45) is 0 Å². The summed E-state index contributed by atoms with van der Waals surface area (Å²) in [6.45, 7) is 6.24. The van der Waals surface area contributed by atoms with Crippen LogP contribution in [0.5, 0.6) is 0 Å². The van der Waals surface area contributed by atoms with Crippen LogP contribution in [0.1, 0.15) is 45.4 Å². The molecule has 4 heteroatoms. The van der Waals surface area contributed by atoms with Crippen LogP contribution in [0.15, 0.2) is 6.07 Å². The van der Waals surface area contributed by atoms with E-state index in [0.29, 0.717) is 17.7 Å². The zero-order valence-electron chi connectivity index (χ0n) is 10.5. The Labute approximate surface area is 97.7 Å². The fourth-order valence-corrected chi connectivity index (χ4v) is 1.69. The fourth-order valence-electron chi connectivity index (χ4n) is 1.69. The average Bonchev–Trinajstić information content (AvgIpc) is 2.16. The number of nitrogens with two attached hydrogens (primary N) is 1. The number of nitrogens with zero attached hydrogens (tertiary/aromatic N) is 2. The Kier molecular flexibility index (Phi) is 5.02. The Morgan fingerprint density at radius 2 is 2.12 bits per heavy atom. The van der Waals surface area contributed by atoms with Crippen molar-refractivity contribution in [2.75, 3.05) is 11.1 Å². The van der Waals surface area contributed by atoms with Gasteiger partial charge in [-0.1, -0.05) is 26.2 Å². The summed E-state index contributed by atoms with van der Waals surface area (Å²) in [7, 11) is 0. The number of anilines is 2. The summed E-state index contributed by atoms with van der Waals surface area (Å²) in [5.41, 5.74) is 5.67. The number of unbranched alkanes of at least 4 members (excludes halogenated alkanes) is 2. The molecule has 1 heterocycles. The first-order valence-electron chi connectivity index (χ1n) is 5.99. The third kappa shape index (κ3) is 4.47. The molecule has 0 fully saturated rings. The van der Waals surface area contributed by atoms with Gasteiger partial charge in [0.25, 0.3) is 0 Å². The first-order valence-corrected chi connectivity index (χ1v) is 5.99. The molecular weight excluding hydrogens is 200 g/mol. The lowest BCUT2D eigenvalue weighted by Crippen LogP contribution is -2.16. The molecule has 0 saturated heterocycles. The van der Waals surface area contributed by atoms with Crippen LogP contribution >= 0.6 is 0 Å². The molecule has 0 saturated carbocycles. The lowest BCUT2D eigenvalue weighted by atomic mass is 10.1. The summed E-state index contributed by atoms with van der Waals surface area (Å²) in [6.07, 6.45) is 4.96. The fraction of sp³-hybridized carbons (Fsp3) is 0.667. The topological polar surface area (TPSA) is 63.8 Å². The molecule has 1 unspecified atom stereocenters. The van der Waals surface area contributed by atoms with Crippen LogP contribution in [0, 0.1) is 6.92 Å². The van der Waals surface area contributed by atoms with E-state index >= 15 is 0 Å². The first-order chi connectivity index (χ1) is 7.61. The minimum atomic E-state index is 0.431. The number of nitrogens with one attached hydrogen (secondary N) is 1. The van der Waals surface area contributed by atoms with Gasteiger partial charge in [0.2, 0.25) is 0 Å². The summed E-state index contributed by atoms with van der Waals surface area (Å²) < 4.78 is 0. The van der Waals surface area contributed by atoms with Gasteiger partial charge >= 0.3 is 0 Å².